The number of fused-ring (bicyclic) bond motifs is 1. The fourth-order valence-electron chi connectivity index (χ4n) is 3.94. The first-order valence-electron chi connectivity index (χ1n) is 10.4. The maximum absolute atomic E-state index is 13.4. The molecular weight excluding hydrogens is 414 g/mol. The van der Waals surface area contributed by atoms with Crippen molar-refractivity contribution in [3.63, 3.8) is 0 Å². The van der Waals surface area contributed by atoms with Gasteiger partial charge in [0.25, 0.3) is 0 Å². The number of anilines is 1. The van der Waals surface area contributed by atoms with Crippen molar-refractivity contribution in [3.8, 4) is 0 Å². The third-order valence-electron chi connectivity index (χ3n) is 5.82. The summed E-state index contributed by atoms with van der Waals surface area (Å²) in [5.41, 5.74) is 8.52. The van der Waals surface area contributed by atoms with E-state index in [1.54, 1.807) is 23.4 Å². The Morgan fingerprint density at radius 3 is 2.74 bits per heavy atom. The van der Waals surface area contributed by atoms with Crippen molar-refractivity contribution < 1.29 is 13.2 Å². The summed E-state index contributed by atoms with van der Waals surface area (Å²) in [6.07, 6.45) is 3.65. The van der Waals surface area contributed by atoms with Crippen molar-refractivity contribution in [2.75, 3.05) is 18.8 Å². The fraction of sp³-hybridized carbons (Fsp3) is 0.364. The smallest absolute Gasteiger partial charge is 0.243 e. The third-order valence-corrected chi connectivity index (χ3v) is 7.37. The second-order valence-corrected chi connectivity index (χ2v) is 9.86. The molecule has 1 atom stereocenters. The Morgan fingerprint density at radius 2 is 2.00 bits per heavy atom. The zero-order valence-corrected chi connectivity index (χ0v) is 18.2. The first-order valence-corrected chi connectivity index (χ1v) is 11.9. The first-order chi connectivity index (χ1) is 14.8. The van der Waals surface area contributed by atoms with Crippen molar-refractivity contribution >= 4 is 32.7 Å². The molecule has 1 fully saturated rings. The number of para-hydroxylation sites is 1. The van der Waals surface area contributed by atoms with E-state index in [1.807, 2.05) is 18.2 Å². The standard InChI is InChI=1S/C22H27N5O3S/c1-15-8-10-27(11-9-15)22(28)20(13-16-6-7-18-19(12-16)25-14-24-18)26-31(29,30)21-5-3-2-4-17(21)23/h2-7,12,14-15,20,26H,8-11,13,23H2,1H3,(H,24,25). The van der Waals surface area contributed by atoms with Crippen LogP contribution in [0.3, 0.4) is 0 Å². The molecule has 8 nitrogen and oxygen atoms in total. The molecule has 2 aromatic carbocycles. The number of likely N-dealkylation sites (tertiary alicyclic amines) is 1. The fourth-order valence-corrected chi connectivity index (χ4v) is 5.27. The molecular formula is C22H27N5O3S. The van der Waals surface area contributed by atoms with E-state index >= 15 is 0 Å². The monoisotopic (exact) mass is 441 g/mol. The van der Waals surface area contributed by atoms with Gasteiger partial charge >= 0.3 is 0 Å². The normalized spacial score (nSPS) is 16.5. The average Bonchev–Trinajstić information content (AvgIpc) is 3.21. The minimum Gasteiger partial charge on any atom is -0.398 e. The van der Waals surface area contributed by atoms with Crippen LogP contribution in [0.5, 0.6) is 0 Å². The van der Waals surface area contributed by atoms with Crippen molar-refractivity contribution in [1.29, 1.82) is 0 Å². The number of nitrogens with two attached hydrogens (primary N) is 1. The van der Waals surface area contributed by atoms with E-state index in [2.05, 4.69) is 21.6 Å². The van der Waals surface area contributed by atoms with Gasteiger partial charge in [-0.25, -0.2) is 13.4 Å². The zero-order valence-electron chi connectivity index (χ0n) is 17.4. The van der Waals surface area contributed by atoms with Crippen LogP contribution in [0.1, 0.15) is 25.3 Å². The molecule has 0 bridgehead atoms. The van der Waals surface area contributed by atoms with Crippen molar-refractivity contribution in [3.05, 3.63) is 54.4 Å². The molecule has 0 spiro atoms. The van der Waals surface area contributed by atoms with Crippen molar-refractivity contribution in [2.24, 2.45) is 5.92 Å². The number of nitrogens with one attached hydrogen (secondary N) is 2. The number of imidazole rings is 1. The number of hydrogen-bond donors (Lipinski definition) is 3. The van der Waals surface area contributed by atoms with Crippen LogP contribution < -0.4 is 10.5 Å². The van der Waals surface area contributed by atoms with Gasteiger partial charge in [0.1, 0.15) is 10.9 Å². The molecule has 1 aliphatic heterocycles. The molecule has 9 heteroatoms. The lowest BCUT2D eigenvalue weighted by atomic mass is 9.98. The van der Waals surface area contributed by atoms with Crippen LogP contribution >= 0.6 is 0 Å². The summed E-state index contributed by atoms with van der Waals surface area (Å²) in [5.74, 6) is 0.345. The minimum atomic E-state index is -3.98. The molecule has 31 heavy (non-hydrogen) atoms. The van der Waals surface area contributed by atoms with Gasteiger partial charge in [-0.2, -0.15) is 4.72 Å². The van der Waals surface area contributed by atoms with Crippen molar-refractivity contribution in [1.82, 2.24) is 19.6 Å². The van der Waals surface area contributed by atoms with Gasteiger partial charge < -0.3 is 15.6 Å². The minimum absolute atomic E-state index is 0.0252. The van der Waals surface area contributed by atoms with Crippen LogP contribution in [0.25, 0.3) is 11.0 Å². The van der Waals surface area contributed by atoms with Gasteiger partial charge in [0.2, 0.25) is 15.9 Å². The number of aromatic amines is 1. The first kappa shape index (κ1) is 21.3. The Balaban J connectivity index is 1.63. The number of carbonyl (C=O) groups is 1. The number of rotatable bonds is 6. The summed E-state index contributed by atoms with van der Waals surface area (Å²) in [6.45, 7) is 3.42. The lowest BCUT2D eigenvalue weighted by Crippen LogP contribution is -2.51. The zero-order chi connectivity index (χ0) is 22.0. The van der Waals surface area contributed by atoms with Gasteiger partial charge in [-0.1, -0.05) is 25.1 Å². The number of carbonyl (C=O) groups excluding carboxylic acids is 1. The van der Waals surface area contributed by atoms with E-state index in [0.29, 0.717) is 19.0 Å². The number of aromatic nitrogens is 2. The SMILES string of the molecule is CC1CCN(C(=O)C(Cc2ccc3[nH]cnc3c2)NS(=O)(=O)c2ccccc2N)CC1. The van der Waals surface area contributed by atoms with Crippen molar-refractivity contribution in [2.45, 2.75) is 37.1 Å². The van der Waals surface area contributed by atoms with E-state index in [9.17, 15) is 13.2 Å². The van der Waals surface area contributed by atoms with E-state index in [1.165, 1.54) is 12.1 Å². The summed E-state index contributed by atoms with van der Waals surface area (Å²) >= 11 is 0. The number of amides is 1. The summed E-state index contributed by atoms with van der Waals surface area (Å²) in [6, 6.07) is 10.9. The summed E-state index contributed by atoms with van der Waals surface area (Å²) in [4.78, 5) is 22.4. The topological polar surface area (TPSA) is 121 Å². The van der Waals surface area contributed by atoms with Crippen LogP contribution in [0.15, 0.2) is 53.7 Å². The Hall–Kier alpha value is -2.91. The van der Waals surface area contributed by atoms with Gasteiger partial charge in [0.15, 0.2) is 0 Å². The van der Waals surface area contributed by atoms with Crippen LogP contribution in [0, 0.1) is 5.92 Å². The lowest BCUT2D eigenvalue weighted by Gasteiger charge is -2.33. The molecule has 3 aromatic rings. The molecule has 1 amide bonds. The summed E-state index contributed by atoms with van der Waals surface area (Å²) < 4.78 is 28.8. The van der Waals surface area contributed by atoms with E-state index in [0.717, 1.165) is 29.4 Å². The van der Waals surface area contributed by atoms with Gasteiger partial charge in [0.05, 0.1) is 23.0 Å². The van der Waals surface area contributed by atoms with E-state index in [-0.39, 0.29) is 22.9 Å². The highest BCUT2D eigenvalue weighted by Crippen LogP contribution is 2.21. The molecule has 1 aromatic heterocycles. The number of sulfonamides is 1. The highest BCUT2D eigenvalue weighted by molar-refractivity contribution is 7.89. The maximum atomic E-state index is 13.4. The Labute approximate surface area is 181 Å². The van der Waals surface area contributed by atoms with Crippen LogP contribution in [-0.4, -0.2) is 48.3 Å². The molecule has 0 radical (unpaired) electrons. The lowest BCUT2D eigenvalue weighted by molar-refractivity contribution is -0.134. The number of nitrogen functional groups attached to an aromatic ring is 1. The molecule has 1 saturated heterocycles. The molecule has 4 N–H and O–H groups in total. The highest BCUT2D eigenvalue weighted by atomic mass is 32.2. The number of piperidine rings is 1. The van der Waals surface area contributed by atoms with Gasteiger partial charge in [-0.05, 0) is 55.0 Å². The molecule has 4 rings (SSSR count). The summed E-state index contributed by atoms with van der Waals surface area (Å²) in [5, 5.41) is 0. The molecule has 0 aliphatic carbocycles. The number of hydrogen-bond acceptors (Lipinski definition) is 5. The van der Waals surface area contributed by atoms with Crippen LogP contribution in [-0.2, 0) is 21.2 Å². The third kappa shape index (κ3) is 4.72. The Bertz CT molecular complexity index is 1180. The van der Waals surface area contributed by atoms with Gasteiger partial charge in [-0.15, -0.1) is 0 Å². The molecule has 0 saturated carbocycles. The molecule has 2 heterocycles. The van der Waals surface area contributed by atoms with Crippen LogP contribution in [0.4, 0.5) is 5.69 Å². The predicted octanol–water partition coefficient (Wildman–Crippen LogP) is 2.29. The molecule has 164 valence electrons. The largest absolute Gasteiger partial charge is 0.398 e. The average molecular weight is 442 g/mol. The molecule has 1 aliphatic rings. The number of H-pyrrole nitrogens is 1. The quantitative estimate of drug-likeness (QED) is 0.507. The van der Waals surface area contributed by atoms with Crippen LogP contribution in [0.2, 0.25) is 0 Å². The second kappa shape index (κ2) is 8.68. The highest BCUT2D eigenvalue weighted by Gasteiger charge is 2.31. The van der Waals surface area contributed by atoms with Gasteiger partial charge in [-0.3, -0.25) is 4.79 Å². The Morgan fingerprint density at radius 1 is 1.26 bits per heavy atom. The maximum Gasteiger partial charge on any atom is 0.243 e. The number of benzene rings is 2. The number of nitrogens with zero attached hydrogens (tertiary/aromatic N) is 2. The predicted molar refractivity (Wildman–Crippen MR) is 120 cm³/mol. The Kier molecular flexibility index (Phi) is 5.97. The van der Waals surface area contributed by atoms with E-state index < -0.39 is 16.1 Å². The second-order valence-electron chi connectivity index (χ2n) is 8.18. The van der Waals surface area contributed by atoms with Gasteiger partial charge in [0, 0.05) is 13.1 Å². The summed E-state index contributed by atoms with van der Waals surface area (Å²) in [7, 11) is -3.98. The molecule has 1 unspecified atom stereocenters. The van der Waals surface area contributed by atoms with E-state index in [4.69, 9.17) is 5.73 Å².